The lowest BCUT2D eigenvalue weighted by Crippen LogP contribution is -2.44. The molecule has 0 aromatic carbocycles. The van der Waals surface area contributed by atoms with Crippen molar-refractivity contribution in [1.82, 2.24) is 0 Å². The number of hydrogen-bond acceptors (Lipinski definition) is 8. The van der Waals surface area contributed by atoms with Crippen LogP contribution in [-0.2, 0) is 33.3 Å². The minimum atomic E-state index is -1.62. The van der Waals surface area contributed by atoms with E-state index in [1.807, 2.05) is 21.1 Å². The van der Waals surface area contributed by atoms with E-state index in [-0.39, 0.29) is 32.2 Å². The van der Waals surface area contributed by atoms with Gasteiger partial charge in [-0.15, -0.1) is 0 Å². The SMILES string of the molecule is CCCCCCC/C=C\C/C=C\C/C=C\CCCCCCCCCCC(=O)OC(COC(=O)CCCCCCCCCCCCCCCCCCCCCCC/C=C\C/C=C\CCCCCCC)COC(OCC[N+](C)(C)C)C(=O)[O-]. The van der Waals surface area contributed by atoms with Gasteiger partial charge >= 0.3 is 11.9 Å². The normalized spacial score (nSPS) is 13.0. The van der Waals surface area contributed by atoms with Crippen LogP contribution in [0.3, 0.4) is 0 Å². The van der Waals surface area contributed by atoms with E-state index in [1.165, 1.54) is 225 Å². The molecule has 0 aromatic heterocycles. The third-order valence-corrected chi connectivity index (χ3v) is 15.2. The quantitative estimate of drug-likeness (QED) is 0.0195. The fourth-order valence-corrected chi connectivity index (χ4v) is 9.93. The van der Waals surface area contributed by atoms with Crippen LogP contribution in [0.25, 0.3) is 0 Å². The molecule has 2 atom stereocenters. The van der Waals surface area contributed by atoms with Crippen molar-refractivity contribution in [3.8, 4) is 0 Å². The molecule has 0 aromatic rings. The maximum atomic E-state index is 12.9. The Balaban J connectivity index is 4.08. The van der Waals surface area contributed by atoms with Crippen molar-refractivity contribution in [3.05, 3.63) is 60.8 Å². The van der Waals surface area contributed by atoms with Gasteiger partial charge in [0.15, 0.2) is 12.4 Å². The van der Waals surface area contributed by atoms with Gasteiger partial charge in [0.1, 0.15) is 13.2 Å². The molecule has 9 nitrogen and oxygen atoms in total. The standard InChI is InChI=1S/C72H131NO8/c1-6-8-10-12-14-16-18-20-22-24-26-28-30-31-32-33-34-35-36-37-38-39-41-42-44-46-48-50-52-54-56-58-60-62-69(74)79-66-68(67-80-72(71(76)77)78-65-64-73(3,4)5)81-70(75)63-61-59-57-55-53-51-49-47-45-43-40-29-27-25-23-21-19-17-15-13-11-9-7-2/h18-21,24-27,40,43,68,72H,6-17,22-23,28-39,41-42,44-67H2,1-5H3/b20-18-,21-19-,26-24-,27-25-,43-40-. The first-order chi connectivity index (χ1) is 39.6. The number of aliphatic carboxylic acids is 1. The van der Waals surface area contributed by atoms with Gasteiger partial charge in [-0.25, -0.2) is 0 Å². The van der Waals surface area contributed by atoms with Gasteiger partial charge in [-0.3, -0.25) is 9.59 Å². The second kappa shape index (κ2) is 63.0. The summed E-state index contributed by atoms with van der Waals surface area (Å²) in [6.45, 7) is 4.76. The third-order valence-electron chi connectivity index (χ3n) is 15.2. The molecule has 81 heavy (non-hydrogen) atoms. The molecule has 0 amide bonds. The minimum absolute atomic E-state index is 0.146. The van der Waals surface area contributed by atoms with Gasteiger partial charge in [0.2, 0.25) is 0 Å². The van der Waals surface area contributed by atoms with E-state index in [1.54, 1.807) is 0 Å². The highest BCUT2D eigenvalue weighted by Crippen LogP contribution is 2.18. The molecule has 0 bridgehead atoms. The number of nitrogens with zero attached hydrogens (tertiary/aromatic N) is 1. The fraction of sp³-hybridized carbons (Fsp3) is 0.819. The Labute approximate surface area is 501 Å². The summed E-state index contributed by atoms with van der Waals surface area (Å²) < 4.78 is 22.8. The predicted molar refractivity (Wildman–Crippen MR) is 343 cm³/mol. The van der Waals surface area contributed by atoms with Crippen LogP contribution in [0.2, 0.25) is 0 Å². The van der Waals surface area contributed by atoms with Gasteiger partial charge in [-0.1, -0.05) is 286 Å². The highest BCUT2D eigenvalue weighted by molar-refractivity contribution is 5.70. The van der Waals surface area contributed by atoms with Crippen LogP contribution in [0.4, 0.5) is 0 Å². The van der Waals surface area contributed by atoms with Crippen molar-refractivity contribution in [2.24, 2.45) is 0 Å². The van der Waals surface area contributed by atoms with Crippen molar-refractivity contribution in [2.75, 3.05) is 47.5 Å². The van der Waals surface area contributed by atoms with Crippen molar-refractivity contribution in [2.45, 2.75) is 334 Å². The summed E-state index contributed by atoms with van der Waals surface area (Å²) in [5.74, 6) is -2.28. The Kier molecular flexibility index (Phi) is 60.7. The maximum absolute atomic E-state index is 12.9. The van der Waals surface area contributed by atoms with E-state index >= 15 is 0 Å². The summed E-state index contributed by atoms with van der Waals surface area (Å²) in [7, 11) is 5.93. The zero-order chi connectivity index (χ0) is 59.1. The van der Waals surface area contributed by atoms with Crippen LogP contribution >= 0.6 is 0 Å². The van der Waals surface area contributed by atoms with Gasteiger partial charge < -0.3 is 33.3 Å². The number of ether oxygens (including phenoxy) is 4. The summed E-state index contributed by atoms with van der Waals surface area (Å²) in [6, 6.07) is 0. The largest absolute Gasteiger partial charge is 0.545 e. The van der Waals surface area contributed by atoms with Crippen molar-refractivity contribution in [3.63, 3.8) is 0 Å². The topological polar surface area (TPSA) is 111 Å². The summed E-state index contributed by atoms with van der Waals surface area (Å²) in [4.78, 5) is 37.4. The zero-order valence-electron chi connectivity index (χ0n) is 53.9. The monoisotopic (exact) mass is 1140 g/mol. The first-order valence-electron chi connectivity index (χ1n) is 34.4. The van der Waals surface area contributed by atoms with Crippen LogP contribution in [0.15, 0.2) is 60.8 Å². The number of carbonyl (C=O) groups excluding carboxylic acids is 3. The fourth-order valence-electron chi connectivity index (χ4n) is 9.93. The minimum Gasteiger partial charge on any atom is -0.545 e. The van der Waals surface area contributed by atoms with Crippen LogP contribution in [-0.4, -0.2) is 82.3 Å². The number of hydrogen-bond donors (Lipinski definition) is 0. The van der Waals surface area contributed by atoms with E-state index in [9.17, 15) is 19.5 Å². The summed E-state index contributed by atoms with van der Waals surface area (Å²) in [6.07, 6.45) is 78.7. The number of allylic oxidation sites excluding steroid dienone is 10. The molecule has 0 N–H and O–H groups in total. The molecule has 2 unspecified atom stereocenters. The lowest BCUT2D eigenvalue weighted by Gasteiger charge is -2.26. The van der Waals surface area contributed by atoms with E-state index < -0.39 is 24.3 Å². The van der Waals surface area contributed by atoms with E-state index in [2.05, 4.69) is 74.6 Å². The zero-order valence-corrected chi connectivity index (χ0v) is 53.9. The first kappa shape index (κ1) is 78.0. The molecule has 0 rings (SSSR count). The lowest BCUT2D eigenvalue weighted by atomic mass is 10.0. The van der Waals surface area contributed by atoms with E-state index in [0.29, 0.717) is 23.9 Å². The molecule has 0 spiro atoms. The molecule has 0 fully saturated rings. The Morgan fingerprint density at radius 1 is 0.370 bits per heavy atom. The number of unbranched alkanes of at least 4 members (excludes halogenated alkanes) is 39. The number of likely N-dealkylation sites (N-methyl/N-ethyl adjacent to an activating group) is 1. The number of carboxylic acids is 1. The van der Waals surface area contributed by atoms with Gasteiger partial charge in [0.05, 0.1) is 40.3 Å². The van der Waals surface area contributed by atoms with Crippen LogP contribution < -0.4 is 5.11 Å². The smallest absolute Gasteiger partial charge is 0.306 e. The van der Waals surface area contributed by atoms with Gasteiger partial charge in [-0.2, -0.15) is 0 Å². The van der Waals surface area contributed by atoms with Crippen LogP contribution in [0.1, 0.15) is 322 Å². The molecule has 0 radical (unpaired) electrons. The Morgan fingerprint density at radius 2 is 0.667 bits per heavy atom. The predicted octanol–water partition coefficient (Wildman–Crippen LogP) is 19.8. The maximum Gasteiger partial charge on any atom is 0.306 e. The second-order valence-corrected chi connectivity index (χ2v) is 24.5. The molecule has 0 saturated carbocycles. The number of carbonyl (C=O) groups is 3. The molecular weight excluding hydrogens is 1010 g/mol. The number of esters is 2. The average Bonchev–Trinajstić information content (AvgIpc) is 3.44. The molecule has 0 saturated heterocycles. The van der Waals surface area contributed by atoms with Crippen molar-refractivity contribution >= 4 is 17.9 Å². The van der Waals surface area contributed by atoms with Crippen LogP contribution in [0.5, 0.6) is 0 Å². The number of carboxylic acid groups (broad SMARTS) is 1. The molecule has 9 heteroatoms. The van der Waals surface area contributed by atoms with Crippen molar-refractivity contribution in [1.29, 1.82) is 0 Å². The molecule has 472 valence electrons. The van der Waals surface area contributed by atoms with Gasteiger partial charge in [-0.05, 0) is 83.5 Å². The first-order valence-corrected chi connectivity index (χ1v) is 34.4. The molecule has 0 aliphatic carbocycles. The third kappa shape index (κ3) is 64.4. The van der Waals surface area contributed by atoms with Gasteiger partial charge in [0, 0.05) is 12.8 Å². The highest BCUT2D eigenvalue weighted by Gasteiger charge is 2.22. The molecule has 0 heterocycles. The Bertz CT molecular complexity index is 1510. The van der Waals surface area contributed by atoms with Gasteiger partial charge in [0.25, 0.3) is 0 Å². The number of rotatable bonds is 64. The summed E-state index contributed by atoms with van der Waals surface area (Å²) in [5.41, 5.74) is 0. The Morgan fingerprint density at radius 3 is 0.988 bits per heavy atom. The lowest BCUT2D eigenvalue weighted by molar-refractivity contribution is -0.870. The second-order valence-electron chi connectivity index (χ2n) is 24.5. The molecular formula is C72H131NO8. The molecule has 0 aliphatic heterocycles. The number of quaternary nitrogens is 1. The highest BCUT2D eigenvalue weighted by atomic mass is 16.7. The van der Waals surface area contributed by atoms with Crippen molar-refractivity contribution < 1.29 is 42.9 Å². The Hall–Kier alpha value is -3.01. The van der Waals surface area contributed by atoms with E-state index in [0.717, 1.165) is 64.2 Å². The van der Waals surface area contributed by atoms with Crippen LogP contribution in [0, 0.1) is 0 Å². The average molecular weight is 1140 g/mol. The molecule has 0 aliphatic rings. The van der Waals surface area contributed by atoms with E-state index in [4.69, 9.17) is 18.9 Å². The summed E-state index contributed by atoms with van der Waals surface area (Å²) >= 11 is 0. The summed E-state index contributed by atoms with van der Waals surface area (Å²) in [5, 5.41) is 11.8.